The molecular formula is C9H13BrF3N3O2S. The van der Waals surface area contributed by atoms with Crippen LogP contribution in [0, 0.1) is 0 Å². The highest BCUT2D eigenvalue weighted by atomic mass is 79.9. The van der Waals surface area contributed by atoms with Gasteiger partial charge in [-0.1, -0.05) is 13.8 Å². The summed E-state index contributed by atoms with van der Waals surface area (Å²) in [6.07, 6.45) is -4.83. The Morgan fingerprint density at radius 3 is 2.11 bits per heavy atom. The first-order valence-corrected chi connectivity index (χ1v) is 7.38. The molecule has 0 saturated heterocycles. The Hall–Kier alpha value is -0.610. The third-order valence-corrected chi connectivity index (χ3v) is 4.72. The molecule has 1 aromatic heterocycles. The second-order valence-electron chi connectivity index (χ2n) is 4.33. The normalized spacial score (nSPS) is 13.6. The summed E-state index contributed by atoms with van der Waals surface area (Å²) >= 11 is 2.79. The van der Waals surface area contributed by atoms with Gasteiger partial charge in [0.05, 0.1) is 10.2 Å². The van der Waals surface area contributed by atoms with Gasteiger partial charge in [0.1, 0.15) is 0 Å². The number of alkyl halides is 3. The minimum Gasteiger partial charge on any atom is -0.189 e. The van der Waals surface area contributed by atoms with E-state index in [1.807, 2.05) is 0 Å². The summed E-state index contributed by atoms with van der Waals surface area (Å²) in [4.78, 5) is 0. The summed E-state index contributed by atoms with van der Waals surface area (Å²) in [5.41, 5.74) is -1.29. The first-order valence-electron chi connectivity index (χ1n) is 5.19. The Kier molecular flexibility index (Phi) is 4.38. The van der Waals surface area contributed by atoms with Crippen LogP contribution in [0.2, 0.25) is 0 Å². The van der Waals surface area contributed by atoms with E-state index in [4.69, 9.17) is 0 Å². The molecule has 1 aromatic rings. The summed E-state index contributed by atoms with van der Waals surface area (Å²) in [5, 5.41) is 3.59. The summed E-state index contributed by atoms with van der Waals surface area (Å²) in [7, 11) is -2.06. The van der Waals surface area contributed by atoms with Crippen LogP contribution in [0.15, 0.2) is 4.47 Å². The van der Waals surface area contributed by atoms with E-state index in [2.05, 4.69) is 21.0 Å². The molecule has 1 heterocycles. The summed E-state index contributed by atoms with van der Waals surface area (Å²) in [6.45, 7) is 3.25. The van der Waals surface area contributed by atoms with Crippen LogP contribution < -0.4 is 0 Å². The highest BCUT2D eigenvalue weighted by molar-refractivity contribution is 9.10. The van der Waals surface area contributed by atoms with Gasteiger partial charge in [0, 0.05) is 14.1 Å². The lowest BCUT2D eigenvalue weighted by atomic mass is 10.1. The smallest absolute Gasteiger partial charge is 0.189 e. The molecule has 0 aliphatic carbocycles. The molecule has 19 heavy (non-hydrogen) atoms. The third-order valence-electron chi connectivity index (χ3n) is 2.32. The standard InChI is InChI=1S/C9H13BrF3N3O2S/c1-5(2)7-6(10)8(9(11,12)13)16(14-7)19(17,18)15(3)4/h5H,1-4H3. The molecule has 0 unspecified atom stereocenters. The van der Waals surface area contributed by atoms with Crippen LogP contribution in [0.1, 0.15) is 31.2 Å². The maximum atomic E-state index is 13.0. The molecule has 110 valence electrons. The quantitative estimate of drug-likeness (QED) is 0.828. The number of rotatable bonds is 3. The van der Waals surface area contributed by atoms with Crippen molar-refractivity contribution in [2.24, 2.45) is 0 Å². The van der Waals surface area contributed by atoms with E-state index < -0.39 is 22.1 Å². The highest BCUT2D eigenvalue weighted by Crippen LogP contribution is 2.39. The number of hydrogen-bond donors (Lipinski definition) is 0. The van der Waals surface area contributed by atoms with Gasteiger partial charge in [-0.2, -0.15) is 31.0 Å². The Morgan fingerprint density at radius 2 is 1.79 bits per heavy atom. The first-order chi connectivity index (χ1) is 8.40. The predicted molar refractivity (Wildman–Crippen MR) is 67.0 cm³/mol. The lowest BCUT2D eigenvalue weighted by Gasteiger charge is -2.15. The molecule has 10 heteroatoms. The van der Waals surface area contributed by atoms with Crippen LogP contribution in [0.3, 0.4) is 0 Å². The van der Waals surface area contributed by atoms with Crippen molar-refractivity contribution in [2.75, 3.05) is 14.1 Å². The summed E-state index contributed by atoms with van der Waals surface area (Å²) in [6, 6.07) is 0. The topological polar surface area (TPSA) is 55.2 Å². The molecular weight excluding hydrogens is 351 g/mol. The minimum absolute atomic E-state index is 0.0203. The van der Waals surface area contributed by atoms with Gasteiger partial charge in [-0.3, -0.25) is 0 Å². The Bertz CT molecular complexity index is 578. The molecule has 0 aliphatic rings. The second kappa shape index (κ2) is 5.06. The first kappa shape index (κ1) is 16.4. The van der Waals surface area contributed by atoms with Gasteiger partial charge in [-0.15, -0.1) is 4.09 Å². The largest absolute Gasteiger partial charge is 0.435 e. The van der Waals surface area contributed by atoms with Crippen molar-refractivity contribution in [3.63, 3.8) is 0 Å². The van der Waals surface area contributed by atoms with Crippen molar-refractivity contribution >= 4 is 26.1 Å². The van der Waals surface area contributed by atoms with Crippen LogP contribution in [0.25, 0.3) is 0 Å². The molecule has 0 bridgehead atoms. The minimum atomic E-state index is -4.83. The van der Waals surface area contributed by atoms with Crippen LogP contribution in [-0.2, 0) is 16.4 Å². The molecule has 0 aromatic carbocycles. The molecule has 1 rings (SSSR count). The van der Waals surface area contributed by atoms with Crippen molar-refractivity contribution in [1.29, 1.82) is 0 Å². The average molecular weight is 364 g/mol. The molecule has 0 fully saturated rings. The van der Waals surface area contributed by atoms with Crippen LogP contribution in [0.5, 0.6) is 0 Å². The zero-order valence-corrected chi connectivity index (χ0v) is 13.1. The fraction of sp³-hybridized carbons (Fsp3) is 0.667. The Labute approximate surface area is 117 Å². The number of halogens is 4. The van der Waals surface area contributed by atoms with E-state index in [-0.39, 0.29) is 20.2 Å². The van der Waals surface area contributed by atoms with Crippen molar-refractivity contribution in [2.45, 2.75) is 25.9 Å². The third kappa shape index (κ3) is 2.95. The van der Waals surface area contributed by atoms with Crippen LogP contribution in [0.4, 0.5) is 13.2 Å². The Balaban J connectivity index is 3.71. The van der Waals surface area contributed by atoms with Gasteiger partial charge in [-0.05, 0) is 21.8 Å². The fourth-order valence-corrected chi connectivity index (χ4v) is 3.29. The van der Waals surface area contributed by atoms with Crippen molar-refractivity contribution in [3.8, 4) is 0 Å². The number of hydrogen-bond acceptors (Lipinski definition) is 3. The molecule has 0 atom stereocenters. The van der Waals surface area contributed by atoms with Gasteiger partial charge >= 0.3 is 16.4 Å². The van der Waals surface area contributed by atoms with E-state index in [1.54, 1.807) is 13.8 Å². The SMILES string of the molecule is CC(C)c1nn(S(=O)(=O)N(C)C)c(C(F)(F)F)c1Br. The lowest BCUT2D eigenvalue weighted by molar-refractivity contribution is -0.142. The van der Waals surface area contributed by atoms with Crippen LogP contribution >= 0.6 is 15.9 Å². The number of aromatic nitrogens is 2. The Morgan fingerprint density at radius 1 is 1.32 bits per heavy atom. The molecule has 0 N–H and O–H groups in total. The van der Waals surface area contributed by atoms with Crippen molar-refractivity contribution in [3.05, 3.63) is 15.9 Å². The highest BCUT2D eigenvalue weighted by Gasteiger charge is 2.43. The molecule has 0 saturated carbocycles. The molecule has 0 aliphatic heterocycles. The molecule has 0 spiro atoms. The van der Waals surface area contributed by atoms with E-state index >= 15 is 0 Å². The second-order valence-corrected chi connectivity index (χ2v) is 7.10. The summed E-state index contributed by atoms with van der Waals surface area (Å²) in [5.74, 6) is -0.353. The van der Waals surface area contributed by atoms with Gasteiger partial charge in [0.2, 0.25) is 0 Å². The van der Waals surface area contributed by atoms with E-state index in [9.17, 15) is 21.6 Å². The molecule has 0 radical (unpaired) electrons. The van der Waals surface area contributed by atoms with Crippen molar-refractivity contribution < 1.29 is 21.6 Å². The summed E-state index contributed by atoms with van der Waals surface area (Å²) < 4.78 is 63.1. The van der Waals surface area contributed by atoms with Gasteiger partial charge < -0.3 is 0 Å². The number of nitrogens with zero attached hydrogens (tertiary/aromatic N) is 3. The van der Waals surface area contributed by atoms with Gasteiger partial charge in [-0.25, -0.2) is 0 Å². The predicted octanol–water partition coefficient (Wildman–Crippen LogP) is 2.44. The maximum absolute atomic E-state index is 13.0. The molecule has 0 amide bonds. The van der Waals surface area contributed by atoms with Gasteiger partial charge in [0.15, 0.2) is 5.69 Å². The zero-order valence-electron chi connectivity index (χ0n) is 10.7. The van der Waals surface area contributed by atoms with E-state index in [1.165, 1.54) is 0 Å². The van der Waals surface area contributed by atoms with E-state index in [0.29, 0.717) is 4.31 Å². The zero-order chi connectivity index (χ0) is 15.2. The lowest BCUT2D eigenvalue weighted by Crippen LogP contribution is -2.32. The van der Waals surface area contributed by atoms with E-state index in [0.717, 1.165) is 14.1 Å². The van der Waals surface area contributed by atoms with Crippen molar-refractivity contribution in [1.82, 2.24) is 13.5 Å². The maximum Gasteiger partial charge on any atom is 0.435 e. The fourth-order valence-electron chi connectivity index (χ4n) is 1.32. The van der Waals surface area contributed by atoms with Gasteiger partial charge in [0.25, 0.3) is 0 Å². The molecule has 5 nitrogen and oxygen atoms in total. The van der Waals surface area contributed by atoms with Crippen LogP contribution in [-0.4, -0.2) is 36.0 Å². The monoisotopic (exact) mass is 363 g/mol. The average Bonchev–Trinajstić information content (AvgIpc) is 2.55.